The number of carbonyl (C=O) groups excluding carboxylic acids is 2. The molecule has 1 aromatic heterocycles. The summed E-state index contributed by atoms with van der Waals surface area (Å²) in [6.07, 6.45) is 0.787. The van der Waals surface area contributed by atoms with Gasteiger partial charge in [0, 0.05) is 44.9 Å². The maximum atomic E-state index is 16.0. The van der Waals surface area contributed by atoms with E-state index in [9.17, 15) is 18.0 Å². The Balaban J connectivity index is 1.60. The standard InChI is InChI=1S/C34H40FN5O5S/c1-23-12-15-28(36-20-23)29(41)19-25-13-14-27(35)26(18-25)33(5)34(16-17-40(22-34)21-24-10-8-7-9-11-24)46(43,44)39(6)30(38-33)37-31(42)45-32(2,3)4/h7-15,18,20H,16-17,19,21-22H2,1-6H3,(H,37,38,42)/t33-,34-/m1/s1. The second kappa shape index (κ2) is 12.2. The molecule has 3 aromatic rings. The van der Waals surface area contributed by atoms with Crippen LogP contribution in [0.2, 0.25) is 0 Å². The summed E-state index contributed by atoms with van der Waals surface area (Å²) in [5.74, 6) is -1.22. The number of guanidine groups is 1. The van der Waals surface area contributed by atoms with Gasteiger partial charge in [0.25, 0.3) is 0 Å². The number of sulfonamides is 1. The Morgan fingerprint density at radius 3 is 2.43 bits per heavy atom. The Labute approximate surface area is 269 Å². The van der Waals surface area contributed by atoms with Crippen LogP contribution < -0.4 is 5.32 Å². The molecule has 0 saturated carbocycles. The summed E-state index contributed by atoms with van der Waals surface area (Å²) in [4.78, 5) is 37.0. The summed E-state index contributed by atoms with van der Waals surface area (Å²) in [6, 6.07) is 17.4. The van der Waals surface area contributed by atoms with Crippen molar-refractivity contribution in [3.63, 3.8) is 0 Å². The Hall–Kier alpha value is -4.16. The number of alkyl carbamates (subject to hydrolysis) is 1. The van der Waals surface area contributed by atoms with Crippen molar-refractivity contribution >= 4 is 27.9 Å². The molecule has 1 N–H and O–H groups in total. The van der Waals surface area contributed by atoms with Crippen LogP contribution in [0, 0.1) is 12.7 Å². The SMILES string of the molecule is Cc1ccc(C(=O)Cc2ccc(F)c([C@@]3(C)N=C(NC(=O)OC(C)(C)C)N(C)S(=O)(=O)[C@@]34CCN(Cc3ccccc3)C4)c2)nc1. The predicted octanol–water partition coefficient (Wildman–Crippen LogP) is 4.97. The highest BCUT2D eigenvalue weighted by atomic mass is 32.2. The number of nitrogens with zero attached hydrogens (tertiary/aromatic N) is 4. The van der Waals surface area contributed by atoms with E-state index < -0.39 is 37.8 Å². The number of hydrogen-bond acceptors (Lipinski definition) is 8. The number of benzene rings is 2. The van der Waals surface area contributed by atoms with E-state index in [0.29, 0.717) is 18.7 Å². The van der Waals surface area contributed by atoms with Crippen molar-refractivity contribution in [1.29, 1.82) is 0 Å². The molecule has 1 fully saturated rings. The molecule has 2 atom stereocenters. The summed E-state index contributed by atoms with van der Waals surface area (Å²) >= 11 is 0. The summed E-state index contributed by atoms with van der Waals surface area (Å²) in [7, 11) is -2.95. The lowest BCUT2D eigenvalue weighted by Crippen LogP contribution is -2.66. The number of rotatable bonds is 6. The van der Waals surface area contributed by atoms with E-state index in [1.807, 2.05) is 42.2 Å². The van der Waals surface area contributed by atoms with Gasteiger partial charge < -0.3 is 4.74 Å². The van der Waals surface area contributed by atoms with Crippen LogP contribution in [-0.4, -0.2) is 70.9 Å². The van der Waals surface area contributed by atoms with Crippen LogP contribution in [-0.2, 0) is 33.3 Å². The number of halogens is 1. The second-order valence-corrected chi connectivity index (χ2v) is 15.5. The Morgan fingerprint density at radius 2 is 1.78 bits per heavy atom. The molecule has 244 valence electrons. The minimum Gasteiger partial charge on any atom is -0.444 e. The zero-order valence-corrected chi connectivity index (χ0v) is 27.8. The van der Waals surface area contributed by atoms with Crippen molar-refractivity contribution in [2.45, 2.75) is 69.9 Å². The highest BCUT2D eigenvalue weighted by Gasteiger charge is 2.66. The fourth-order valence-electron chi connectivity index (χ4n) is 6.23. The van der Waals surface area contributed by atoms with E-state index in [4.69, 9.17) is 9.73 Å². The van der Waals surface area contributed by atoms with E-state index in [-0.39, 0.29) is 42.4 Å². The van der Waals surface area contributed by atoms with Gasteiger partial charge in [-0.25, -0.2) is 26.9 Å². The van der Waals surface area contributed by atoms with Gasteiger partial charge in [-0.1, -0.05) is 42.5 Å². The van der Waals surface area contributed by atoms with Gasteiger partial charge >= 0.3 is 6.09 Å². The molecular formula is C34H40FN5O5S. The van der Waals surface area contributed by atoms with Crippen LogP contribution in [0.15, 0.2) is 71.9 Å². The van der Waals surface area contributed by atoms with Gasteiger partial charge in [-0.3, -0.25) is 20.0 Å². The maximum absolute atomic E-state index is 16.0. The predicted molar refractivity (Wildman–Crippen MR) is 173 cm³/mol. The number of nitrogens with one attached hydrogen (secondary N) is 1. The van der Waals surface area contributed by atoms with Crippen molar-refractivity contribution in [2.24, 2.45) is 4.99 Å². The smallest absolute Gasteiger partial charge is 0.414 e. The van der Waals surface area contributed by atoms with Gasteiger partial charge in [-0.2, -0.15) is 0 Å². The third-order valence-corrected chi connectivity index (χ3v) is 11.3. The first-order chi connectivity index (χ1) is 21.5. The third kappa shape index (κ3) is 6.28. The lowest BCUT2D eigenvalue weighted by Gasteiger charge is -2.49. The van der Waals surface area contributed by atoms with Crippen molar-refractivity contribution in [3.8, 4) is 0 Å². The molecule has 1 spiro atoms. The quantitative estimate of drug-likeness (QED) is 0.375. The van der Waals surface area contributed by atoms with Gasteiger partial charge in [0.2, 0.25) is 16.0 Å². The molecule has 3 heterocycles. The molecule has 2 aliphatic rings. The van der Waals surface area contributed by atoms with Crippen molar-refractivity contribution in [2.75, 3.05) is 20.1 Å². The van der Waals surface area contributed by atoms with E-state index in [1.165, 1.54) is 25.2 Å². The topological polar surface area (TPSA) is 121 Å². The van der Waals surface area contributed by atoms with Crippen LogP contribution in [0.3, 0.4) is 0 Å². The van der Waals surface area contributed by atoms with Crippen LogP contribution in [0.25, 0.3) is 0 Å². The van der Waals surface area contributed by atoms with Crippen molar-refractivity contribution < 1.29 is 27.1 Å². The molecule has 2 aliphatic heterocycles. The first-order valence-electron chi connectivity index (χ1n) is 15.1. The molecule has 10 nitrogen and oxygen atoms in total. The minimum atomic E-state index is -4.27. The van der Waals surface area contributed by atoms with Gasteiger partial charge in [0.15, 0.2) is 5.78 Å². The molecule has 1 saturated heterocycles. The van der Waals surface area contributed by atoms with Crippen LogP contribution in [0.4, 0.5) is 9.18 Å². The average molecular weight is 650 g/mol. The summed E-state index contributed by atoms with van der Waals surface area (Å²) < 4.78 is 50.0. The molecule has 1 amide bonds. The Kier molecular flexibility index (Phi) is 8.82. The summed E-state index contributed by atoms with van der Waals surface area (Å²) in [5, 5.41) is 2.49. The monoisotopic (exact) mass is 649 g/mol. The van der Waals surface area contributed by atoms with E-state index in [0.717, 1.165) is 15.4 Å². The van der Waals surface area contributed by atoms with Crippen LogP contribution in [0.1, 0.15) is 66.9 Å². The number of aliphatic imine (C=N–C) groups is 1. The van der Waals surface area contributed by atoms with Gasteiger partial charge in [0.05, 0.1) is 0 Å². The molecule has 2 aromatic carbocycles. The van der Waals surface area contributed by atoms with Crippen LogP contribution in [0.5, 0.6) is 0 Å². The number of aryl methyl sites for hydroxylation is 1. The average Bonchev–Trinajstić information content (AvgIpc) is 3.42. The Bertz CT molecular complexity index is 1780. The number of likely N-dealkylation sites (tertiary alicyclic amines) is 1. The maximum Gasteiger partial charge on any atom is 0.414 e. The molecule has 12 heteroatoms. The fourth-order valence-corrected chi connectivity index (χ4v) is 8.42. The van der Waals surface area contributed by atoms with Gasteiger partial charge in [0.1, 0.15) is 27.4 Å². The number of ketones is 1. The number of Topliss-reactive ketones (excluding diaryl/α,β-unsaturated/α-hetero) is 1. The lowest BCUT2D eigenvalue weighted by molar-refractivity contribution is 0.0558. The fraction of sp³-hybridized carbons (Fsp3) is 0.412. The van der Waals surface area contributed by atoms with Gasteiger partial charge in [-0.05, 0) is 75.9 Å². The molecule has 46 heavy (non-hydrogen) atoms. The summed E-state index contributed by atoms with van der Waals surface area (Å²) in [5.41, 5.74) is 0.117. The van der Waals surface area contributed by atoms with Crippen LogP contribution >= 0.6 is 0 Å². The number of carbonyl (C=O) groups is 2. The zero-order chi connectivity index (χ0) is 33.5. The number of amides is 1. The van der Waals surface area contributed by atoms with E-state index >= 15 is 4.39 Å². The number of hydrogen-bond donors (Lipinski definition) is 1. The first-order valence-corrected chi connectivity index (χ1v) is 16.6. The zero-order valence-electron chi connectivity index (χ0n) is 27.0. The third-order valence-electron chi connectivity index (χ3n) is 8.66. The van der Waals surface area contributed by atoms with E-state index in [1.54, 1.807) is 46.0 Å². The molecule has 0 aliphatic carbocycles. The number of pyridine rings is 1. The number of ether oxygens (including phenoxy) is 1. The molecule has 5 rings (SSSR count). The minimum absolute atomic E-state index is 0.0105. The normalized spacial score (nSPS) is 22.8. The van der Waals surface area contributed by atoms with E-state index in [2.05, 4.69) is 10.3 Å². The highest BCUT2D eigenvalue weighted by molar-refractivity contribution is 7.91. The van der Waals surface area contributed by atoms with Crippen molar-refractivity contribution in [1.82, 2.24) is 19.5 Å². The van der Waals surface area contributed by atoms with Crippen molar-refractivity contribution in [3.05, 3.63) is 101 Å². The second-order valence-electron chi connectivity index (χ2n) is 13.2. The number of aromatic nitrogens is 1. The Morgan fingerprint density at radius 1 is 1.07 bits per heavy atom. The summed E-state index contributed by atoms with van der Waals surface area (Å²) in [6.45, 7) is 9.48. The lowest BCUT2D eigenvalue weighted by atomic mass is 9.77. The first kappa shape index (κ1) is 33.2. The largest absolute Gasteiger partial charge is 0.444 e. The highest BCUT2D eigenvalue weighted by Crippen LogP contribution is 2.52. The molecule has 0 unspecified atom stereocenters. The molecular weight excluding hydrogens is 609 g/mol. The van der Waals surface area contributed by atoms with Gasteiger partial charge in [-0.15, -0.1) is 0 Å². The molecule has 0 bridgehead atoms. The molecule has 0 radical (unpaired) electrons.